The van der Waals surface area contributed by atoms with Crippen LogP contribution in [-0.2, 0) is 0 Å². The molecule has 0 bridgehead atoms. The Morgan fingerprint density at radius 1 is 1.31 bits per heavy atom. The van der Waals surface area contributed by atoms with Crippen molar-refractivity contribution in [2.24, 2.45) is 0 Å². The molecule has 0 aromatic heterocycles. The van der Waals surface area contributed by atoms with Gasteiger partial charge in [0.05, 0.1) is 0 Å². The third-order valence-corrected chi connectivity index (χ3v) is 4.28. The molecule has 1 N–H and O–H groups in total. The van der Waals surface area contributed by atoms with Gasteiger partial charge in [0, 0.05) is 36.2 Å². The van der Waals surface area contributed by atoms with Crippen LogP contribution in [0.3, 0.4) is 0 Å². The molecule has 2 rings (SSSR count). The molecule has 1 heterocycles. The van der Waals surface area contributed by atoms with E-state index < -0.39 is 0 Å². The van der Waals surface area contributed by atoms with Gasteiger partial charge in [0.25, 0.3) is 0 Å². The number of halogens is 1. The Labute approximate surface area is 104 Å². The fourth-order valence-electron chi connectivity index (χ4n) is 3.17. The van der Waals surface area contributed by atoms with Gasteiger partial charge < -0.3 is 5.32 Å². The summed E-state index contributed by atoms with van der Waals surface area (Å²) in [5, 5.41) is 3.70. The molecule has 92 valence electrons. The molecule has 0 atom stereocenters. The third kappa shape index (κ3) is 2.44. The van der Waals surface area contributed by atoms with Gasteiger partial charge in [-0.05, 0) is 26.7 Å². The van der Waals surface area contributed by atoms with E-state index in [0.29, 0.717) is 5.54 Å². The van der Waals surface area contributed by atoms with Gasteiger partial charge >= 0.3 is 0 Å². The number of nitrogens with one attached hydrogen (secondary N) is 1. The van der Waals surface area contributed by atoms with E-state index in [9.17, 15) is 0 Å². The van der Waals surface area contributed by atoms with Gasteiger partial charge in [-0.15, -0.1) is 0 Å². The van der Waals surface area contributed by atoms with Gasteiger partial charge in [-0.2, -0.15) is 0 Å². The van der Waals surface area contributed by atoms with Crippen molar-refractivity contribution in [1.82, 2.24) is 10.2 Å². The lowest BCUT2D eigenvalue weighted by molar-refractivity contribution is 0.0290. The van der Waals surface area contributed by atoms with Crippen LogP contribution in [0.2, 0.25) is 0 Å². The monoisotopic (exact) mass is 242 g/mol. The highest BCUT2D eigenvalue weighted by molar-refractivity contribution is 6.25. The van der Waals surface area contributed by atoms with Crippen molar-refractivity contribution >= 4 is 11.6 Å². The Morgan fingerprint density at radius 3 is 2.62 bits per heavy atom. The first-order chi connectivity index (χ1) is 7.58. The first kappa shape index (κ1) is 12.4. The van der Waals surface area contributed by atoms with Crippen molar-refractivity contribution in [3.05, 3.63) is 11.6 Å². The summed E-state index contributed by atoms with van der Waals surface area (Å²) in [4.78, 5) is 2.63. The maximum Gasteiger partial charge on any atom is 0.0338 e. The van der Waals surface area contributed by atoms with Gasteiger partial charge in [0.1, 0.15) is 0 Å². The second-order valence-electron chi connectivity index (χ2n) is 5.91. The second kappa shape index (κ2) is 4.67. The van der Waals surface area contributed by atoms with E-state index in [0.717, 1.165) is 19.6 Å². The molecule has 3 heteroatoms. The number of piperazine rings is 1. The third-order valence-electron chi connectivity index (χ3n) is 4.10. The smallest absolute Gasteiger partial charge is 0.0338 e. The Morgan fingerprint density at radius 2 is 2.00 bits per heavy atom. The fourth-order valence-corrected chi connectivity index (χ4v) is 3.25. The Kier molecular flexibility index (Phi) is 3.62. The Hall–Kier alpha value is -0.0500. The quantitative estimate of drug-likeness (QED) is 0.801. The molecule has 0 aromatic carbocycles. The van der Waals surface area contributed by atoms with Gasteiger partial charge in [-0.3, -0.25) is 4.90 Å². The zero-order valence-electron chi connectivity index (χ0n) is 10.4. The number of rotatable bonds is 2. The molecule has 1 aliphatic heterocycles. The lowest BCUT2D eigenvalue weighted by Crippen LogP contribution is -2.67. The molecule has 0 unspecified atom stereocenters. The van der Waals surface area contributed by atoms with Crippen molar-refractivity contribution in [3.8, 4) is 0 Å². The maximum atomic E-state index is 5.66. The van der Waals surface area contributed by atoms with Crippen LogP contribution in [0, 0.1) is 0 Å². The van der Waals surface area contributed by atoms with E-state index >= 15 is 0 Å². The summed E-state index contributed by atoms with van der Waals surface area (Å²) in [6.45, 7) is 7.82. The summed E-state index contributed by atoms with van der Waals surface area (Å²) in [5.41, 5.74) is 2.29. The summed E-state index contributed by atoms with van der Waals surface area (Å²) in [6.07, 6.45) is 7.51. The Bertz CT molecular complexity index is 267. The summed E-state index contributed by atoms with van der Waals surface area (Å²) in [7, 11) is 0. The molecular weight excluding hydrogens is 220 g/mol. The molecule has 1 aliphatic carbocycles. The molecular formula is C13H23ClN2. The predicted molar refractivity (Wildman–Crippen MR) is 69.8 cm³/mol. The average Bonchev–Trinajstić information content (AvgIpc) is 2.70. The lowest BCUT2D eigenvalue weighted by atomic mass is 9.87. The topological polar surface area (TPSA) is 15.3 Å². The van der Waals surface area contributed by atoms with Crippen LogP contribution in [0.15, 0.2) is 11.6 Å². The highest BCUT2D eigenvalue weighted by Crippen LogP contribution is 2.38. The van der Waals surface area contributed by atoms with Crippen LogP contribution in [-0.4, -0.2) is 35.6 Å². The lowest BCUT2D eigenvalue weighted by Gasteiger charge is -2.51. The van der Waals surface area contributed by atoms with Crippen LogP contribution in [0.1, 0.15) is 39.5 Å². The standard InChI is InChI=1S/C13H23ClN2/c1-12(2)11-16(9-5-8-14)13(10-15-12)6-3-4-7-13/h5,8,15H,3-4,6-7,9-11H2,1-2H3/b8-5+. The first-order valence-corrected chi connectivity index (χ1v) is 6.77. The first-order valence-electron chi connectivity index (χ1n) is 6.33. The molecule has 2 nitrogen and oxygen atoms in total. The molecule has 1 saturated carbocycles. The van der Waals surface area contributed by atoms with E-state index in [1.165, 1.54) is 25.7 Å². The highest BCUT2D eigenvalue weighted by Gasteiger charge is 2.44. The van der Waals surface area contributed by atoms with Crippen LogP contribution in [0.5, 0.6) is 0 Å². The molecule has 1 spiro atoms. The SMILES string of the molecule is CC1(C)CN(C/C=C/Cl)C2(CCCC2)CN1. The summed E-state index contributed by atoms with van der Waals surface area (Å²) in [6, 6.07) is 0. The van der Waals surface area contributed by atoms with Crippen molar-refractivity contribution < 1.29 is 0 Å². The van der Waals surface area contributed by atoms with Crippen LogP contribution >= 0.6 is 11.6 Å². The summed E-state index contributed by atoms with van der Waals surface area (Å²) in [5.74, 6) is 0. The number of nitrogens with zero attached hydrogens (tertiary/aromatic N) is 1. The van der Waals surface area contributed by atoms with E-state index in [2.05, 4.69) is 30.1 Å². The maximum absolute atomic E-state index is 5.66. The summed E-state index contributed by atoms with van der Waals surface area (Å²) >= 11 is 5.66. The van der Waals surface area contributed by atoms with Crippen LogP contribution in [0.25, 0.3) is 0 Å². The van der Waals surface area contributed by atoms with Gasteiger partial charge in [0.2, 0.25) is 0 Å². The fraction of sp³-hybridized carbons (Fsp3) is 0.846. The minimum atomic E-state index is 0.230. The summed E-state index contributed by atoms with van der Waals surface area (Å²) < 4.78 is 0. The van der Waals surface area contributed by atoms with Crippen molar-refractivity contribution in [3.63, 3.8) is 0 Å². The highest BCUT2D eigenvalue weighted by atomic mass is 35.5. The van der Waals surface area contributed by atoms with Crippen molar-refractivity contribution in [1.29, 1.82) is 0 Å². The zero-order valence-corrected chi connectivity index (χ0v) is 11.2. The molecule has 0 radical (unpaired) electrons. The molecule has 2 aliphatic rings. The van der Waals surface area contributed by atoms with Gasteiger partial charge in [0.15, 0.2) is 0 Å². The molecule has 1 saturated heterocycles. The molecule has 0 aromatic rings. The van der Waals surface area contributed by atoms with Crippen molar-refractivity contribution in [2.45, 2.75) is 50.6 Å². The van der Waals surface area contributed by atoms with Crippen LogP contribution < -0.4 is 5.32 Å². The van der Waals surface area contributed by atoms with Gasteiger partial charge in [-0.25, -0.2) is 0 Å². The molecule has 0 amide bonds. The Balaban J connectivity index is 2.11. The van der Waals surface area contributed by atoms with E-state index in [1.54, 1.807) is 5.54 Å². The number of hydrogen-bond donors (Lipinski definition) is 1. The van der Waals surface area contributed by atoms with Crippen LogP contribution in [0.4, 0.5) is 0 Å². The average molecular weight is 243 g/mol. The van der Waals surface area contributed by atoms with Gasteiger partial charge in [-0.1, -0.05) is 30.5 Å². The normalized spacial score (nSPS) is 29.2. The van der Waals surface area contributed by atoms with E-state index in [1.807, 2.05) is 0 Å². The minimum absolute atomic E-state index is 0.230. The van der Waals surface area contributed by atoms with Crippen molar-refractivity contribution in [2.75, 3.05) is 19.6 Å². The molecule has 2 fully saturated rings. The largest absolute Gasteiger partial charge is 0.309 e. The number of hydrogen-bond acceptors (Lipinski definition) is 2. The molecule has 16 heavy (non-hydrogen) atoms. The second-order valence-corrected chi connectivity index (χ2v) is 6.16. The van der Waals surface area contributed by atoms with E-state index in [4.69, 9.17) is 11.6 Å². The minimum Gasteiger partial charge on any atom is -0.309 e. The zero-order chi connectivity index (χ0) is 11.6. The van der Waals surface area contributed by atoms with E-state index in [-0.39, 0.29) is 5.54 Å². The predicted octanol–water partition coefficient (Wildman–Crippen LogP) is 2.74.